The van der Waals surface area contributed by atoms with E-state index < -0.39 is 0 Å². The largest absolute Gasteiger partial charge is 0.493 e. The van der Waals surface area contributed by atoms with Crippen molar-refractivity contribution in [2.75, 3.05) is 6.61 Å². The number of benzene rings is 3. The van der Waals surface area contributed by atoms with Crippen LogP contribution in [0.25, 0.3) is 22.3 Å². The maximum absolute atomic E-state index is 5.90. The highest BCUT2D eigenvalue weighted by atomic mass is 16.5. The summed E-state index contributed by atoms with van der Waals surface area (Å²) < 4.78 is 5.90. The summed E-state index contributed by atoms with van der Waals surface area (Å²) in [6.07, 6.45) is 1.98. The van der Waals surface area contributed by atoms with Crippen molar-refractivity contribution >= 4 is 0 Å². The van der Waals surface area contributed by atoms with Gasteiger partial charge in [-0.15, -0.1) is 0 Å². The van der Waals surface area contributed by atoms with E-state index in [0.29, 0.717) is 0 Å². The summed E-state index contributed by atoms with van der Waals surface area (Å²) in [4.78, 5) is 0. The first-order valence-corrected chi connectivity index (χ1v) is 8.22. The summed E-state index contributed by atoms with van der Waals surface area (Å²) in [5, 5.41) is 0. The van der Waals surface area contributed by atoms with Crippen LogP contribution in [0.1, 0.15) is 24.5 Å². The number of para-hydroxylation sites is 1. The summed E-state index contributed by atoms with van der Waals surface area (Å²) in [7, 11) is 0. The van der Waals surface area contributed by atoms with Crippen LogP contribution in [-0.4, -0.2) is 6.61 Å². The molecule has 1 radical (unpaired) electrons. The molecule has 0 spiro atoms. The van der Waals surface area contributed by atoms with Crippen molar-refractivity contribution in [3.05, 3.63) is 77.9 Å². The van der Waals surface area contributed by atoms with Crippen molar-refractivity contribution in [2.24, 2.45) is 0 Å². The fourth-order valence-corrected chi connectivity index (χ4v) is 3.24. The number of fused-ring (bicyclic) bond motifs is 3. The van der Waals surface area contributed by atoms with Gasteiger partial charge in [0.15, 0.2) is 0 Å². The maximum Gasteiger partial charge on any atom is 0.127 e. The highest BCUT2D eigenvalue weighted by molar-refractivity contribution is 5.81. The van der Waals surface area contributed by atoms with E-state index in [2.05, 4.69) is 61.5 Å². The predicted octanol–water partition coefficient (Wildman–Crippen LogP) is 5.51. The summed E-state index contributed by atoms with van der Waals surface area (Å²) in [5.41, 5.74) is 7.58. The molecule has 0 unspecified atom stereocenters. The van der Waals surface area contributed by atoms with E-state index >= 15 is 0 Å². The summed E-state index contributed by atoms with van der Waals surface area (Å²) in [6, 6.07) is 24.9. The molecule has 113 valence electrons. The van der Waals surface area contributed by atoms with Crippen LogP contribution < -0.4 is 4.74 Å². The van der Waals surface area contributed by atoms with E-state index in [4.69, 9.17) is 4.74 Å². The first-order chi connectivity index (χ1) is 11.4. The van der Waals surface area contributed by atoms with Crippen molar-refractivity contribution in [3.8, 4) is 28.0 Å². The van der Waals surface area contributed by atoms with Gasteiger partial charge >= 0.3 is 0 Å². The van der Waals surface area contributed by atoms with E-state index in [0.717, 1.165) is 36.3 Å². The van der Waals surface area contributed by atoms with Crippen LogP contribution in [0.4, 0.5) is 0 Å². The Kier molecular flexibility index (Phi) is 3.63. The number of ether oxygens (including phenoxy) is 1. The molecule has 3 aromatic carbocycles. The van der Waals surface area contributed by atoms with Gasteiger partial charge in [-0.3, -0.25) is 0 Å². The third-order valence-electron chi connectivity index (χ3n) is 4.34. The lowest BCUT2D eigenvalue weighted by atomic mass is 9.98. The molecule has 0 amide bonds. The Hall–Kier alpha value is -2.54. The first-order valence-electron chi connectivity index (χ1n) is 8.22. The molecule has 4 rings (SSSR count). The fraction of sp³-hybridized carbons (Fsp3) is 0.182. The monoisotopic (exact) mass is 299 g/mol. The average Bonchev–Trinajstić information content (AvgIpc) is 2.98. The van der Waals surface area contributed by atoms with Crippen molar-refractivity contribution in [1.29, 1.82) is 0 Å². The smallest absolute Gasteiger partial charge is 0.127 e. The molecule has 0 aromatic heterocycles. The van der Waals surface area contributed by atoms with E-state index in [-0.39, 0.29) is 0 Å². The predicted molar refractivity (Wildman–Crippen MR) is 94.7 cm³/mol. The van der Waals surface area contributed by atoms with Crippen LogP contribution in [0.3, 0.4) is 0 Å². The zero-order valence-corrected chi connectivity index (χ0v) is 13.3. The maximum atomic E-state index is 5.90. The molecule has 0 saturated carbocycles. The Morgan fingerprint density at radius 3 is 2.52 bits per heavy atom. The van der Waals surface area contributed by atoms with E-state index in [1.54, 1.807) is 0 Å². The second-order valence-corrected chi connectivity index (χ2v) is 5.94. The average molecular weight is 299 g/mol. The molecule has 0 aliphatic heterocycles. The minimum Gasteiger partial charge on any atom is -0.493 e. The molecule has 3 aromatic rings. The van der Waals surface area contributed by atoms with Crippen LogP contribution >= 0.6 is 0 Å². The minimum absolute atomic E-state index is 0.743. The fourth-order valence-electron chi connectivity index (χ4n) is 3.24. The van der Waals surface area contributed by atoms with Gasteiger partial charge in [-0.25, -0.2) is 0 Å². The Labute approximate surface area is 137 Å². The van der Waals surface area contributed by atoms with Crippen LogP contribution in [0.15, 0.2) is 60.7 Å². The quantitative estimate of drug-likeness (QED) is 0.482. The van der Waals surface area contributed by atoms with Gasteiger partial charge in [-0.2, -0.15) is 0 Å². The van der Waals surface area contributed by atoms with Crippen molar-refractivity contribution in [3.63, 3.8) is 0 Å². The van der Waals surface area contributed by atoms with E-state index in [9.17, 15) is 0 Å². The molecule has 0 N–H and O–H groups in total. The Morgan fingerprint density at radius 2 is 1.65 bits per heavy atom. The highest BCUT2D eigenvalue weighted by Crippen LogP contribution is 2.39. The van der Waals surface area contributed by atoms with E-state index in [1.807, 2.05) is 12.1 Å². The normalized spacial score (nSPS) is 11.9. The molecule has 1 aliphatic carbocycles. The van der Waals surface area contributed by atoms with E-state index in [1.165, 1.54) is 22.3 Å². The standard InChI is InChI=1S/C22H19O/c1-2-13-23-22-10-6-5-9-21(22)17-11-12-20-18(15-17)14-16-7-3-4-8-19(16)20/h3-12H,2,13-14H2,1H3. The SMILES string of the molecule is CCCOc1ccccc1-c1[c]c2c(cc1)-c1ccccc1C2. The lowest BCUT2D eigenvalue weighted by Crippen LogP contribution is -1.97. The van der Waals surface area contributed by atoms with Crippen LogP contribution in [0.5, 0.6) is 5.75 Å². The Balaban J connectivity index is 1.74. The topological polar surface area (TPSA) is 9.23 Å². The van der Waals surface area contributed by atoms with Gasteiger partial charge in [-0.05, 0) is 52.8 Å². The van der Waals surface area contributed by atoms with Gasteiger partial charge in [0.2, 0.25) is 0 Å². The van der Waals surface area contributed by atoms with Crippen LogP contribution in [0.2, 0.25) is 0 Å². The second kappa shape index (κ2) is 5.92. The van der Waals surface area contributed by atoms with Crippen molar-refractivity contribution < 1.29 is 4.74 Å². The Morgan fingerprint density at radius 1 is 0.870 bits per heavy atom. The zero-order valence-electron chi connectivity index (χ0n) is 13.3. The highest BCUT2D eigenvalue weighted by Gasteiger charge is 2.19. The number of hydrogen-bond acceptors (Lipinski definition) is 1. The molecule has 0 bridgehead atoms. The van der Waals surface area contributed by atoms with Crippen LogP contribution in [-0.2, 0) is 6.42 Å². The zero-order chi connectivity index (χ0) is 15.6. The molecule has 1 nitrogen and oxygen atoms in total. The molecule has 1 aliphatic rings. The molecule has 0 fully saturated rings. The molecule has 1 heteroatoms. The summed E-state index contributed by atoms with van der Waals surface area (Å²) >= 11 is 0. The van der Waals surface area contributed by atoms with Gasteiger partial charge in [0.25, 0.3) is 0 Å². The number of hydrogen-bond donors (Lipinski definition) is 0. The molecule has 23 heavy (non-hydrogen) atoms. The number of rotatable bonds is 4. The molecule has 0 saturated heterocycles. The van der Waals surface area contributed by atoms with Crippen molar-refractivity contribution in [1.82, 2.24) is 0 Å². The molecular weight excluding hydrogens is 280 g/mol. The third-order valence-corrected chi connectivity index (χ3v) is 4.34. The van der Waals surface area contributed by atoms with Gasteiger partial charge in [0, 0.05) is 5.56 Å². The van der Waals surface area contributed by atoms with Crippen molar-refractivity contribution in [2.45, 2.75) is 19.8 Å². The Bertz CT molecular complexity index is 848. The van der Waals surface area contributed by atoms with Gasteiger partial charge in [-0.1, -0.05) is 61.5 Å². The minimum atomic E-state index is 0.743. The molecular formula is C22H19O. The van der Waals surface area contributed by atoms with Crippen LogP contribution in [0, 0.1) is 6.07 Å². The first kappa shape index (κ1) is 14.1. The third kappa shape index (κ3) is 2.53. The van der Waals surface area contributed by atoms with Gasteiger partial charge in [0.1, 0.15) is 5.75 Å². The molecule has 0 heterocycles. The van der Waals surface area contributed by atoms with Gasteiger partial charge < -0.3 is 4.74 Å². The summed E-state index contributed by atoms with van der Waals surface area (Å²) in [5.74, 6) is 0.945. The lowest BCUT2D eigenvalue weighted by molar-refractivity contribution is 0.318. The molecule has 0 atom stereocenters. The second-order valence-electron chi connectivity index (χ2n) is 5.94. The summed E-state index contributed by atoms with van der Waals surface area (Å²) in [6.45, 7) is 2.87. The lowest BCUT2D eigenvalue weighted by Gasteiger charge is -2.12. The van der Waals surface area contributed by atoms with Gasteiger partial charge in [0.05, 0.1) is 6.61 Å².